The van der Waals surface area contributed by atoms with Crippen LogP contribution in [0.3, 0.4) is 0 Å². The highest BCUT2D eigenvalue weighted by Gasteiger charge is 2.56. The van der Waals surface area contributed by atoms with E-state index in [0.717, 1.165) is 4.90 Å². The summed E-state index contributed by atoms with van der Waals surface area (Å²) in [5.74, 6) is -2.34. The van der Waals surface area contributed by atoms with Gasteiger partial charge in [0.1, 0.15) is 17.3 Å². The number of halogens is 4. The molecule has 0 spiro atoms. The number of alkyl halides is 3. The Hall–Kier alpha value is -2.94. The largest absolute Gasteiger partial charge is 0.417 e. The van der Waals surface area contributed by atoms with Crippen LogP contribution in [0.25, 0.3) is 0 Å². The van der Waals surface area contributed by atoms with Crippen molar-refractivity contribution in [1.82, 2.24) is 4.98 Å². The van der Waals surface area contributed by atoms with Gasteiger partial charge in [0.15, 0.2) is 0 Å². The molecule has 0 N–H and O–H groups in total. The summed E-state index contributed by atoms with van der Waals surface area (Å²) in [7, 11) is 0. The molecule has 138 valence electrons. The molecule has 2 atom stereocenters. The van der Waals surface area contributed by atoms with Crippen molar-refractivity contribution in [2.75, 3.05) is 4.90 Å². The van der Waals surface area contributed by atoms with Gasteiger partial charge in [-0.1, -0.05) is 35.0 Å². The Morgan fingerprint density at radius 1 is 1.11 bits per heavy atom. The molecule has 2 aliphatic heterocycles. The molecule has 0 unspecified atom stereocenters. The SMILES string of the molecule is O=C1[C@H]2C(c3ncc(C(F)(F)F)cc3Cl)=NO[C@@H]2C(=O)N1c1ccccc1. The first-order valence-electron chi connectivity index (χ1n) is 7.68. The number of oxime groups is 1. The molecule has 10 heteroatoms. The maximum Gasteiger partial charge on any atom is 0.417 e. The molecule has 0 radical (unpaired) electrons. The van der Waals surface area contributed by atoms with Gasteiger partial charge in [-0.2, -0.15) is 13.2 Å². The fourth-order valence-corrected chi connectivity index (χ4v) is 3.25. The lowest BCUT2D eigenvalue weighted by atomic mass is 9.96. The number of nitrogens with zero attached hydrogens (tertiary/aromatic N) is 3. The quantitative estimate of drug-likeness (QED) is 0.733. The van der Waals surface area contributed by atoms with Crippen molar-refractivity contribution in [3.63, 3.8) is 0 Å². The van der Waals surface area contributed by atoms with Crippen molar-refractivity contribution in [3.8, 4) is 0 Å². The number of fused-ring (bicyclic) bond motifs is 1. The van der Waals surface area contributed by atoms with Gasteiger partial charge in [0.25, 0.3) is 5.91 Å². The smallest absolute Gasteiger partial charge is 0.381 e. The van der Waals surface area contributed by atoms with Crippen LogP contribution in [0.5, 0.6) is 0 Å². The van der Waals surface area contributed by atoms with E-state index in [1.54, 1.807) is 30.3 Å². The second-order valence-electron chi connectivity index (χ2n) is 5.88. The summed E-state index contributed by atoms with van der Waals surface area (Å²) in [6, 6.07) is 8.90. The molecule has 2 amide bonds. The third kappa shape index (κ3) is 2.74. The Morgan fingerprint density at radius 3 is 2.44 bits per heavy atom. The molecule has 1 aromatic carbocycles. The zero-order valence-corrected chi connectivity index (χ0v) is 14.0. The fraction of sp³-hybridized carbons (Fsp3) is 0.176. The number of hydrogen-bond acceptors (Lipinski definition) is 5. The summed E-state index contributed by atoms with van der Waals surface area (Å²) >= 11 is 5.93. The molecule has 1 saturated heterocycles. The van der Waals surface area contributed by atoms with E-state index < -0.39 is 35.6 Å². The molecule has 2 aliphatic rings. The number of anilines is 1. The summed E-state index contributed by atoms with van der Waals surface area (Å²) < 4.78 is 38.4. The summed E-state index contributed by atoms with van der Waals surface area (Å²) in [4.78, 5) is 35.1. The van der Waals surface area contributed by atoms with Crippen molar-refractivity contribution in [2.45, 2.75) is 12.3 Å². The highest BCUT2D eigenvalue weighted by molar-refractivity contribution is 6.37. The molecular formula is C17H9ClF3N3O3. The van der Waals surface area contributed by atoms with E-state index in [1.165, 1.54) is 0 Å². The van der Waals surface area contributed by atoms with Gasteiger partial charge in [0.2, 0.25) is 12.0 Å². The van der Waals surface area contributed by atoms with E-state index in [2.05, 4.69) is 10.1 Å². The van der Waals surface area contributed by atoms with E-state index in [9.17, 15) is 22.8 Å². The second-order valence-corrected chi connectivity index (χ2v) is 6.29. The van der Waals surface area contributed by atoms with E-state index in [1.807, 2.05) is 0 Å². The maximum atomic E-state index is 12.8. The first kappa shape index (κ1) is 17.5. The molecule has 4 rings (SSSR count). The van der Waals surface area contributed by atoms with E-state index in [0.29, 0.717) is 18.0 Å². The standard InChI is InChI=1S/C17H9ClF3N3O3/c18-10-6-8(17(19,20)21)7-22-12(10)13-11-14(27-23-13)16(26)24(15(11)25)9-4-2-1-3-5-9/h1-7,11,14H/t11-,14-/m0/s1. The number of aromatic nitrogens is 1. The molecule has 27 heavy (non-hydrogen) atoms. The Morgan fingerprint density at radius 2 is 1.81 bits per heavy atom. The Kier molecular flexibility index (Phi) is 3.92. The van der Waals surface area contributed by atoms with Crippen LogP contribution < -0.4 is 4.90 Å². The molecule has 6 nitrogen and oxygen atoms in total. The van der Waals surface area contributed by atoms with Crippen LogP contribution in [0, 0.1) is 5.92 Å². The lowest BCUT2D eigenvalue weighted by molar-refractivity contribution is -0.137. The van der Waals surface area contributed by atoms with Gasteiger partial charge >= 0.3 is 6.18 Å². The highest BCUT2D eigenvalue weighted by Crippen LogP contribution is 2.37. The first-order chi connectivity index (χ1) is 12.8. The van der Waals surface area contributed by atoms with Crippen molar-refractivity contribution >= 4 is 34.8 Å². The van der Waals surface area contributed by atoms with Gasteiger partial charge in [0, 0.05) is 6.20 Å². The summed E-state index contributed by atoms with van der Waals surface area (Å²) in [5, 5.41) is 3.35. The van der Waals surface area contributed by atoms with Crippen LogP contribution in [-0.4, -0.2) is 28.6 Å². The maximum absolute atomic E-state index is 12.8. The molecule has 0 saturated carbocycles. The Balaban J connectivity index is 1.70. The van der Waals surface area contributed by atoms with Gasteiger partial charge in [-0.25, -0.2) is 4.90 Å². The topological polar surface area (TPSA) is 71.9 Å². The summed E-state index contributed by atoms with van der Waals surface area (Å²) in [5.41, 5.74) is -0.882. The normalized spacial score (nSPS) is 21.9. The molecule has 0 aliphatic carbocycles. The number of hydrogen-bond donors (Lipinski definition) is 0. The van der Waals surface area contributed by atoms with E-state index in [4.69, 9.17) is 16.4 Å². The average Bonchev–Trinajstić information content (AvgIpc) is 3.15. The lowest BCUT2D eigenvalue weighted by Gasteiger charge is -2.15. The highest BCUT2D eigenvalue weighted by atomic mass is 35.5. The van der Waals surface area contributed by atoms with Crippen LogP contribution in [0.4, 0.5) is 18.9 Å². The van der Waals surface area contributed by atoms with Gasteiger partial charge in [-0.05, 0) is 18.2 Å². The number of imide groups is 1. The Bertz CT molecular complexity index is 978. The minimum Gasteiger partial charge on any atom is -0.381 e. The minimum absolute atomic E-state index is 0.0736. The number of benzene rings is 1. The Labute approximate surface area is 155 Å². The van der Waals surface area contributed by atoms with E-state index >= 15 is 0 Å². The van der Waals surface area contributed by atoms with Crippen molar-refractivity contribution in [3.05, 3.63) is 58.9 Å². The van der Waals surface area contributed by atoms with Gasteiger partial charge in [-0.15, -0.1) is 0 Å². The zero-order chi connectivity index (χ0) is 19.3. The molecule has 1 aromatic heterocycles. The number of para-hydroxylation sites is 1. The summed E-state index contributed by atoms with van der Waals surface area (Å²) in [6.45, 7) is 0. The van der Waals surface area contributed by atoms with Crippen LogP contribution in [0.2, 0.25) is 5.02 Å². The third-order valence-corrected chi connectivity index (χ3v) is 4.53. The van der Waals surface area contributed by atoms with Crippen molar-refractivity contribution in [1.29, 1.82) is 0 Å². The number of carbonyl (C=O) groups excluding carboxylic acids is 2. The predicted octanol–water partition coefficient (Wildman–Crippen LogP) is 3.05. The van der Waals surface area contributed by atoms with Gasteiger partial charge in [0.05, 0.1) is 16.3 Å². The van der Waals surface area contributed by atoms with Crippen LogP contribution in [0.15, 0.2) is 47.8 Å². The number of amides is 2. The molecule has 0 bridgehead atoms. The van der Waals surface area contributed by atoms with E-state index in [-0.39, 0.29) is 16.4 Å². The number of carbonyl (C=O) groups is 2. The zero-order valence-electron chi connectivity index (χ0n) is 13.3. The van der Waals surface area contributed by atoms with Crippen LogP contribution in [-0.2, 0) is 20.6 Å². The predicted molar refractivity (Wildman–Crippen MR) is 88.1 cm³/mol. The van der Waals surface area contributed by atoms with Crippen molar-refractivity contribution in [2.24, 2.45) is 11.1 Å². The third-order valence-electron chi connectivity index (χ3n) is 4.24. The van der Waals surface area contributed by atoms with Crippen LogP contribution >= 0.6 is 11.6 Å². The number of pyridine rings is 1. The monoisotopic (exact) mass is 395 g/mol. The average molecular weight is 396 g/mol. The lowest BCUT2D eigenvalue weighted by Crippen LogP contribution is -2.33. The second kappa shape index (κ2) is 6.05. The van der Waals surface area contributed by atoms with Crippen LogP contribution in [0.1, 0.15) is 11.3 Å². The molecule has 1 fully saturated rings. The fourth-order valence-electron chi connectivity index (χ4n) is 2.99. The first-order valence-corrected chi connectivity index (χ1v) is 8.06. The molecule has 2 aromatic rings. The number of rotatable bonds is 2. The van der Waals surface area contributed by atoms with Gasteiger partial charge in [-0.3, -0.25) is 14.6 Å². The summed E-state index contributed by atoms with van der Waals surface area (Å²) in [6.07, 6.45) is -5.23. The molecule has 3 heterocycles. The van der Waals surface area contributed by atoms with Crippen molar-refractivity contribution < 1.29 is 27.6 Å². The minimum atomic E-state index is -4.62. The molecular weight excluding hydrogens is 387 g/mol. The van der Waals surface area contributed by atoms with Gasteiger partial charge < -0.3 is 4.84 Å².